The van der Waals surface area contributed by atoms with Crippen molar-refractivity contribution in [1.82, 2.24) is 9.80 Å². The van der Waals surface area contributed by atoms with Gasteiger partial charge in [0.1, 0.15) is 5.82 Å². The summed E-state index contributed by atoms with van der Waals surface area (Å²) in [6.45, 7) is 3.81. The second-order valence-corrected chi connectivity index (χ2v) is 5.69. The molecule has 1 amide bonds. The van der Waals surface area contributed by atoms with Gasteiger partial charge in [-0.15, -0.1) is 0 Å². The third kappa shape index (κ3) is 5.70. The van der Waals surface area contributed by atoms with E-state index in [1.165, 1.54) is 12.1 Å². The van der Waals surface area contributed by atoms with Crippen molar-refractivity contribution in [3.8, 4) is 0 Å². The molecule has 0 aliphatic carbocycles. The number of halogens is 2. The zero-order valence-corrected chi connectivity index (χ0v) is 13.2. The minimum Gasteiger partial charge on any atom is -0.348 e. The molecule has 0 saturated heterocycles. The number of rotatable bonds is 6. The number of hydrogen-bond acceptors (Lipinski definition) is 2. The van der Waals surface area contributed by atoms with Crippen LogP contribution in [-0.2, 0) is 11.3 Å². The van der Waals surface area contributed by atoms with Crippen molar-refractivity contribution < 1.29 is 9.18 Å². The van der Waals surface area contributed by atoms with Crippen LogP contribution in [0.1, 0.15) is 18.9 Å². The molecule has 0 atom stereocenters. The zero-order valence-electron chi connectivity index (χ0n) is 11.6. The van der Waals surface area contributed by atoms with Crippen molar-refractivity contribution in [3.05, 3.63) is 34.1 Å². The number of carbonyl (C=O) groups excluding carboxylic acids is 1. The molecule has 106 valence electrons. The number of nitrogens with zero attached hydrogens (tertiary/aromatic N) is 2. The maximum atomic E-state index is 13.3. The van der Waals surface area contributed by atoms with Gasteiger partial charge in [0.15, 0.2) is 0 Å². The normalized spacial score (nSPS) is 10.8. The van der Waals surface area contributed by atoms with Gasteiger partial charge in [-0.3, -0.25) is 9.69 Å². The first-order chi connectivity index (χ1) is 8.92. The summed E-state index contributed by atoms with van der Waals surface area (Å²) in [7, 11) is 3.48. The Bertz CT molecular complexity index is 417. The predicted octanol–water partition coefficient (Wildman–Crippen LogP) is 2.89. The lowest BCUT2D eigenvalue weighted by Crippen LogP contribution is -2.36. The highest BCUT2D eigenvalue weighted by Crippen LogP contribution is 2.16. The molecule has 19 heavy (non-hydrogen) atoms. The highest BCUT2D eigenvalue weighted by atomic mass is 79.9. The van der Waals surface area contributed by atoms with Gasteiger partial charge in [-0.25, -0.2) is 4.39 Å². The van der Waals surface area contributed by atoms with Crippen molar-refractivity contribution in [2.24, 2.45) is 0 Å². The molecule has 0 aliphatic rings. The fraction of sp³-hybridized carbons (Fsp3) is 0.500. The highest BCUT2D eigenvalue weighted by molar-refractivity contribution is 9.10. The molecule has 0 spiro atoms. The van der Waals surface area contributed by atoms with E-state index in [-0.39, 0.29) is 11.7 Å². The highest BCUT2D eigenvalue weighted by Gasteiger charge is 2.12. The smallest absolute Gasteiger partial charge is 0.236 e. The molecule has 1 aromatic carbocycles. The third-order valence-corrected chi connectivity index (χ3v) is 3.18. The summed E-state index contributed by atoms with van der Waals surface area (Å²) in [6, 6.07) is 4.82. The van der Waals surface area contributed by atoms with Crippen LogP contribution in [0, 0.1) is 5.82 Å². The average Bonchev–Trinajstić information content (AvgIpc) is 2.27. The molecule has 0 unspecified atom stereocenters. The standard InChI is InChI=1S/C14H20BrFN2O/c1-4-5-18(10-14(19)17(2)3)9-11-6-12(15)8-13(16)7-11/h6-8H,4-5,9-10H2,1-3H3. The van der Waals surface area contributed by atoms with E-state index in [1.807, 2.05) is 11.0 Å². The predicted molar refractivity (Wildman–Crippen MR) is 78.4 cm³/mol. The summed E-state index contributed by atoms with van der Waals surface area (Å²) in [4.78, 5) is 15.4. The van der Waals surface area contributed by atoms with Gasteiger partial charge in [0, 0.05) is 25.1 Å². The van der Waals surface area contributed by atoms with E-state index < -0.39 is 0 Å². The Labute approximate surface area is 122 Å². The molecule has 3 nitrogen and oxygen atoms in total. The fourth-order valence-electron chi connectivity index (χ4n) is 1.82. The van der Waals surface area contributed by atoms with E-state index >= 15 is 0 Å². The molecule has 1 rings (SSSR count). The van der Waals surface area contributed by atoms with E-state index in [1.54, 1.807) is 19.0 Å². The van der Waals surface area contributed by atoms with Gasteiger partial charge in [-0.1, -0.05) is 22.9 Å². The minimum atomic E-state index is -0.264. The molecule has 1 aromatic rings. The summed E-state index contributed by atoms with van der Waals surface area (Å²) in [6.07, 6.45) is 0.956. The van der Waals surface area contributed by atoms with Crippen LogP contribution in [0.25, 0.3) is 0 Å². The Morgan fingerprint density at radius 3 is 2.53 bits per heavy atom. The van der Waals surface area contributed by atoms with Gasteiger partial charge in [0.25, 0.3) is 0 Å². The number of likely N-dealkylation sites (N-methyl/N-ethyl adjacent to an activating group) is 1. The van der Waals surface area contributed by atoms with Crippen LogP contribution >= 0.6 is 15.9 Å². The van der Waals surface area contributed by atoms with Crippen molar-refractivity contribution in [2.45, 2.75) is 19.9 Å². The summed E-state index contributed by atoms with van der Waals surface area (Å²) in [5, 5.41) is 0. The van der Waals surface area contributed by atoms with E-state index in [9.17, 15) is 9.18 Å². The van der Waals surface area contributed by atoms with E-state index in [0.717, 1.165) is 23.0 Å². The average molecular weight is 331 g/mol. The van der Waals surface area contributed by atoms with Crippen LogP contribution in [0.5, 0.6) is 0 Å². The first-order valence-corrected chi connectivity index (χ1v) is 7.09. The van der Waals surface area contributed by atoms with E-state index in [0.29, 0.717) is 13.1 Å². The van der Waals surface area contributed by atoms with Crippen LogP contribution in [-0.4, -0.2) is 42.9 Å². The maximum absolute atomic E-state index is 13.3. The molecule has 0 fully saturated rings. The topological polar surface area (TPSA) is 23.6 Å². The summed E-state index contributed by atoms with van der Waals surface area (Å²) in [5.41, 5.74) is 0.867. The molecule has 0 bridgehead atoms. The first kappa shape index (κ1) is 16.1. The Kier molecular flexibility index (Phi) is 6.45. The van der Waals surface area contributed by atoms with Crippen LogP contribution in [0.3, 0.4) is 0 Å². The maximum Gasteiger partial charge on any atom is 0.236 e. The molecular weight excluding hydrogens is 311 g/mol. The lowest BCUT2D eigenvalue weighted by molar-refractivity contribution is -0.130. The Morgan fingerprint density at radius 2 is 2.00 bits per heavy atom. The van der Waals surface area contributed by atoms with Crippen molar-refractivity contribution in [2.75, 3.05) is 27.2 Å². The molecule has 0 N–H and O–H groups in total. The number of hydrogen-bond donors (Lipinski definition) is 0. The largest absolute Gasteiger partial charge is 0.348 e. The third-order valence-electron chi connectivity index (χ3n) is 2.73. The number of carbonyl (C=O) groups is 1. The van der Waals surface area contributed by atoms with Gasteiger partial charge in [-0.05, 0) is 36.7 Å². The second-order valence-electron chi connectivity index (χ2n) is 4.78. The molecule has 0 heterocycles. The van der Waals surface area contributed by atoms with Crippen molar-refractivity contribution >= 4 is 21.8 Å². The van der Waals surface area contributed by atoms with E-state index in [4.69, 9.17) is 0 Å². The monoisotopic (exact) mass is 330 g/mol. The summed E-state index contributed by atoms with van der Waals surface area (Å²) >= 11 is 3.28. The Morgan fingerprint density at radius 1 is 1.32 bits per heavy atom. The Balaban J connectivity index is 2.74. The van der Waals surface area contributed by atoms with Crippen molar-refractivity contribution in [1.29, 1.82) is 0 Å². The molecule has 0 saturated carbocycles. The quantitative estimate of drug-likeness (QED) is 0.800. The van der Waals surface area contributed by atoms with Crippen LogP contribution in [0.4, 0.5) is 4.39 Å². The summed E-state index contributed by atoms with van der Waals surface area (Å²) in [5.74, 6) is -0.205. The van der Waals surface area contributed by atoms with Gasteiger partial charge in [-0.2, -0.15) is 0 Å². The Hall–Kier alpha value is -0.940. The van der Waals surface area contributed by atoms with Gasteiger partial charge < -0.3 is 4.90 Å². The van der Waals surface area contributed by atoms with Crippen LogP contribution < -0.4 is 0 Å². The van der Waals surface area contributed by atoms with E-state index in [2.05, 4.69) is 22.9 Å². The summed E-state index contributed by atoms with van der Waals surface area (Å²) < 4.78 is 14.1. The minimum absolute atomic E-state index is 0.0592. The molecule has 0 aromatic heterocycles. The fourth-order valence-corrected chi connectivity index (χ4v) is 2.34. The van der Waals surface area contributed by atoms with Crippen LogP contribution in [0.2, 0.25) is 0 Å². The second kappa shape index (κ2) is 7.60. The SMILES string of the molecule is CCCN(CC(=O)N(C)C)Cc1cc(F)cc(Br)c1. The van der Waals surface area contributed by atoms with Gasteiger partial charge in [0.05, 0.1) is 6.54 Å². The molecular formula is C14H20BrFN2O. The molecule has 0 aliphatic heterocycles. The zero-order chi connectivity index (χ0) is 14.4. The number of amides is 1. The number of benzene rings is 1. The lowest BCUT2D eigenvalue weighted by atomic mass is 10.2. The van der Waals surface area contributed by atoms with Crippen LogP contribution in [0.15, 0.2) is 22.7 Å². The first-order valence-electron chi connectivity index (χ1n) is 6.30. The molecule has 5 heteroatoms. The molecule has 0 radical (unpaired) electrons. The van der Waals surface area contributed by atoms with Gasteiger partial charge >= 0.3 is 0 Å². The lowest BCUT2D eigenvalue weighted by Gasteiger charge is -2.23. The van der Waals surface area contributed by atoms with Crippen molar-refractivity contribution in [3.63, 3.8) is 0 Å². The van der Waals surface area contributed by atoms with Gasteiger partial charge in [0.2, 0.25) is 5.91 Å².